The monoisotopic (exact) mass is 419 g/mol. The van der Waals surface area contributed by atoms with Crippen LogP contribution >= 0.6 is 0 Å². The lowest BCUT2D eigenvalue weighted by Crippen LogP contribution is -2.34. The number of likely N-dealkylation sites (N-methyl/N-ethyl adjacent to an activating group) is 1. The number of nitrogens with zero attached hydrogens (tertiary/aromatic N) is 2. The van der Waals surface area contributed by atoms with Crippen molar-refractivity contribution in [1.29, 1.82) is 0 Å². The minimum atomic E-state index is -3.50. The number of rotatable bonds is 7. The van der Waals surface area contributed by atoms with E-state index in [1.54, 1.807) is 6.07 Å². The van der Waals surface area contributed by atoms with E-state index in [2.05, 4.69) is 5.32 Å². The first kappa shape index (κ1) is 21.4. The first-order valence-corrected chi connectivity index (χ1v) is 11.0. The summed E-state index contributed by atoms with van der Waals surface area (Å²) in [6.45, 7) is 1.37. The van der Waals surface area contributed by atoms with E-state index in [0.717, 1.165) is 18.4 Å². The highest BCUT2D eigenvalue weighted by Gasteiger charge is 2.27. The Morgan fingerprint density at radius 3 is 2.38 bits per heavy atom. The Hall–Kier alpha value is -2.29. The summed E-state index contributed by atoms with van der Waals surface area (Å²) in [5.41, 5.74) is 1.14. The van der Waals surface area contributed by atoms with E-state index in [4.69, 9.17) is 0 Å². The molecule has 0 aromatic heterocycles. The van der Waals surface area contributed by atoms with Gasteiger partial charge in [0.25, 0.3) is 5.91 Å². The predicted molar refractivity (Wildman–Crippen MR) is 110 cm³/mol. The van der Waals surface area contributed by atoms with E-state index in [0.29, 0.717) is 25.2 Å². The molecule has 1 aliphatic heterocycles. The van der Waals surface area contributed by atoms with E-state index in [-0.39, 0.29) is 22.7 Å². The average molecular weight is 420 g/mol. The zero-order chi connectivity index (χ0) is 21.0. The average Bonchev–Trinajstić information content (AvgIpc) is 3.24. The van der Waals surface area contributed by atoms with E-state index in [1.165, 1.54) is 40.7 Å². The van der Waals surface area contributed by atoms with Gasteiger partial charge in [-0.25, -0.2) is 12.8 Å². The van der Waals surface area contributed by atoms with Gasteiger partial charge < -0.3 is 10.2 Å². The standard InChI is InChI=1S/C21H26FN3O3S/c1-24(2)20(17-6-5-7-18(22)14-17)15-23-21(26)16-8-10-19(11-9-16)29(27,28)25-12-3-4-13-25/h5-11,14,20H,3-4,12-13,15H2,1-2H3,(H,23,26). The van der Waals surface area contributed by atoms with Crippen LogP contribution in [0.4, 0.5) is 4.39 Å². The van der Waals surface area contributed by atoms with Crippen LogP contribution in [0.25, 0.3) is 0 Å². The number of hydrogen-bond acceptors (Lipinski definition) is 4. The maximum absolute atomic E-state index is 13.5. The van der Waals surface area contributed by atoms with Gasteiger partial charge in [-0.15, -0.1) is 0 Å². The van der Waals surface area contributed by atoms with Crippen LogP contribution in [0, 0.1) is 5.82 Å². The number of carbonyl (C=O) groups is 1. The second-order valence-electron chi connectivity index (χ2n) is 7.38. The molecule has 6 nitrogen and oxygen atoms in total. The molecule has 0 bridgehead atoms. The third-order valence-corrected chi connectivity index (χ3v) is 7.04. The number of amides is 1. The molecule has 0 radical (unpaired) electrons. The molecule has 0 spiro atoms. The maximum atomic E-state index is 13.5. The fourth-order valence-electron chi connectivity index (χ4n) is 3.46. The Balaban J connectivity index is 1.67. The Morgan fingerprint density at radius 2 is 1.79 bits per heavy atom. The van der Waals surface area contributed by atoms with Crippen LogP contribution in [0.15, 0.2) is 53.4 Å². The molecule has 1 amide bonds. The first-order valence-electron chi connectivity index (χ1n) is 9.59. The van der Waals surface area contributed by atoms with Gasteiger partial charge in [-0.05, 0) is 68.9 Å². The summed E-state index contributed by atoms with van der Waals surface area (Å²) in [5, 5.41) is 2.85. The van der Waals surface area contributed by atoms with Crippen molar-refractivity contribution in [3.63, 3.8) is 0 Å². The molecule has 1 fully saturated rings. The number of benzene rings is 2. The van der Waals surface area contributed by atoms with E-state index in [1.807, 2.05) is 25.1 Å². The van der Waals surface area contributed by atoms with Crippen molar-refractivity contribution in [2.45, 2.75) is 23.8 Å². The zero-order valence-electron chi connectivity index (χ0n) is 16.6. The van der Waals surface area contributed by atoms with Crippen molar-refractivity contribution in [2.24, 2.45) is 0 Å². The lowest BCUT2D eigenvalue weighted by Gasteiger charge is -2.25. The Labute approximate surface area is 171 Å². The molecule has 3 rings (SSSR count). The van der Waals surface area contributed by atoms with Crippen LogP contribution < -0.4 is 5.32 Å². The normalized spacial score (nSPS) is 16.1. The molecule has 2 aromatic rings. The molecule has 8 heteroatoms. The first-order chi connectivity index (χ1) is 13.8. The van der Waals surface area contributed by atoms with Crippen LogP contribution in [0.1, 0.15) is 34.8 Å². The number of nitrogens with one attached hydrogen (secondary N) is 1. The lowest BCUT2D eigenvalue weighted by atomic mass is 10.1. The van der Waals surface area contributed by atoms with Crippen LogP contribution in [0.5, 0.6) is 0 Å². The second kappa shape index (κ2) is 9.02. The minimum absolute atomic E-state index is 0.190. The number of halogens is 1. The van der Waals surface area contributed by atoms with Crippen LogP contribution in [-0.2, 0) is 10.0 Å². The van der Waals surface area contributed by atoms with E-state index >= 15 is 0 Å². The van der Waals surface area contributed by atoms with Gasteiger partial charge in [-0.2, -0.15) is 4.31 Å². The molecule has 2 aromatic carbocycles. The highest BCUT2D eigenvalue weighted by Crippen LogP contribution is 2.21. The van der Waals surface area contributed by atoms with Crippen molar-refractivity contribution in [1.82, 2.24) is 14.5 Å². The molecule has 156 valence electrons. The van der Waals surface area contributed by atoms with Gasteiger partial charge in [-0.1, -0.05) is 12.1 Å². The summed E-state index contributed by atoms with van der Waals surface area (Å²) in [6.07, 6.45) is 1.75. The number of sulfonamides is 1. The fraction of sp³-hybridized carbons (Fsp3) is 0.381. The summed E-state index contributed by atoms with van der Waals surface area (Å²) >= 11 is 0. The van der Waals surface area contributed by atoms with E-state index in [9.17, 15) is 17.6 Å². The highest BCUT2D eigenvalue weighted by atomic mass is 32.2. The van der Waals surface area contributed by atoms with Gasteiger partial charge in [0.2, 0.25) is 10.0 Å². The van der Waals surface area contributed by atoms with Crippen molar-refractivity contribution in [3.8, 4) is 0 Å². The van der Waals surface area contributed by atoms with Gasteiger partial charge in [0.05, 0.1) is 10.9 Å². The molecule has 29 heavy (non-hydrogen) atoms. The molecule has 1 saturated heterocycles. The Bertz CT molecular complexity index is 955. The quantitative estimate of drug-likeness (QED) is 0.749. The van der Waals surface area contributed by atoms with Gasteiger partial charge in [0, 0.05) is 25.2 Å². The third kappa shape index (κ3) is 5.01. The topological polar surface area (TPSA) is 69.7 Å². The smallest absolute Gasteiger partial charge is 0.251 e. The summed E-state index contributed by atoms with van der Waals surface area (Å²) in [4.78, 5) is 14.6. The molecule has 1 N–H and O–H groups in total. The van der Waals surface area contributed by atoms with Gasteiger partial charge >= 0.3 is 0 Å². The molecule has 1 heterocycles. The SMILES string of the molecule is CN(C)C(CNC(=O)c1ccc(S(=O)(=O)N2CCCC2)cc1)c1cccc(F)c1. The highest BCUT2D eigenvalue weighted by molar-refractivity contribution is 7.89. The predicted octanol–water partition coefficient (Wildman–Crippen LogP) is 2.64. The Kier molecular flexibility index (Phi) is 6.66. The van der Waals surface area contributed by atoms with Crippen molar-refractivity contribution in [2.75, 3.05) is 33.7 Å². The number of carbonyl (C=O) groups excluding carboxylic acids is 1. The van der Waals surface area contributed by atoms with Gasteiger partial charge in [0.15, 0.2) is 0 Å². The molecule has 1 atom stereocenters. The van der Waals surface area contributed by atoms with E-state index < -0.39 is 10.0 Å². The van der Waals surface area contributed by atoms with Gasteiger partial charge in [-0.3, -0.25) is 4.79 Å². The maximum Gasteiger partial charge on any atom is 0.251 e. The van der Waals surface area contributed by atoms with Crippen molar-refractivity contribution < 1.29 is 17.6 Å². The summed E-state index contributed by atoms with van der Waals surface area (Å²) in [6, 6.07) is 12.1. The second-order valence-corrected chi connectivity index (χ2v) is 9.32. The van der Waals surface area contributed by atoms with Crippen LogP contribution in [0.3, 0.4) is 0 Å². The molecule has 0 saturated carbocycles. The minimum Gasteiger partial charge on any atom is -0.350 e. The molecule has 1 unspecified atom stereocenters. The van der Waals surface area contributed by atoms with Crippen molar-refractivity contribution in [3.05, 3.63) is 65.5 Å². The third-order valence-electron chi connectivity index (χ3n) is 5.13. The summed E-state index contributed by atoms with van der Waals surface area (Å²) < 4.78 is 40.2. The van der Waals surface area contributed by atoms with Crippen LogP contribution in [0.2, 0.25) is 0 Å². The molecule has 1 aliphatic rings. The summed E-state index contributed by atoms with van der Waals surface area (Å²) in [7, 11) is 0.223. The fourth-order valence-corrected chi connectivity index (χ4v) is 4.98. The van der Waals surface area contributed by atoms with Gasteiger partial charge in [0.1, 0.15) is 5.82 Å². The summed E-state index contributed by atoms with van der Waals surface area (Å²) in [5.74, 6) is -0.631. The van der Waals surface area contributed by atoms with Crippen LogP contribution in [-0.4, -0.2) is 57.3 Å². The molecular formula is C21H26FN3O3S. The largest absolute Gasteiger partial charge is 0.350 e. The molecular weight excluding hydrogens is 393 g/mol. The Morgan fingerprint density at radius 1 is 1.14 bits per heavy atom. The zero-order valence-corrected chi connectivity index (χ0v) is 17.5. The lowest BCUT2D eigenvalue weighted by molar-refractivity contribution is 0.0942. The number of hydrogen-bond donors (Lipinski definition) is 1. The van der Waals surface area contributed by atoms with Crippen molar-refractivity contribution >= 4 is 15.9 Å². The molecule has 0 aliphatic carbocycles.